The van der Waals surface area contributed by atoms with Gasteiger partial charge in [-0.15, -0.1) is 0 Å². The lowest BCUT2D eigenvalue weighted by Gasteiger charge is -2.09. The molecule has 0 saturated heterocycles. The zero-order valence-corrected chi connectivity index (χ0v) is 11.1. The van der Waals surface area contributed by atoms with Crippen LogP contribution >= 0.6 is 0 Å². The van der Waals surface area contributed by atoms with Crippen LogP contribution in [0.1, 0.15) is 0 Å². The van der Waals surface area contributed by atoms with Gasteiger partial charge in [-0.3, -0.25) is 4.57 Å². The number of fused-ring (bicyclic) bond motifs is 1. The Morgan fingerprint density at radius 1 is 1.05 bits per heavy atom. The molecule has 0 spiro atoms. The Labute approximate surface area is 120 Å². The first kappa shape index (κ1) is 11.8. The van der Waals surface area contributed by atoms with Gasteiger partial charge in [0, 0.05) is 17.8 Å². The molecule has 4 rings (SSSR count). The molecular formula is C15H12N4O2. The maximum absolute atomic E-state index is 5.63. The van der Waals surface area contributed by atoms with E-state index in [0.29, 0.717) is 5.82 Å². The zero-order valence-electron chi connectivity index (χ0n) is 11.1. The highest BCUT2D eigenvalue weighted by Gasteiger charge is 2.15. The number of hydrogen-bond donors (Lipinski definition) is 1. The molecule has 3 heterocycles. The van der Waals surface area contributed by atoms with Crippen molar-refractivity contribution >= 4 is 5.82 Å². The summed E-state index contributed by atoms with van der Waals surface area (Å²) in [5.74, 6) is 1.99. The molecule has 0 unspecified atom stereocenters. The molecule has 6 nitrogen and oxygen atoms in total. The first-order chi connectivity index (χ1) is 10.3. The highest BCUT2D eigenvalue weighted by molar-refractivity contribution is 5.63. The number of pyridine rings is 1. The summed E-state index contributed by atoms with van der Waals surface area (Å²) in [7, 11) is 0. The van der Waals surface area contributed by atoms with Crippen LogP contribution in [-0.4, -0.2) is 21.3 Å². The van der Waals surface area contributed by atoms with Crippen molar-refractivity contribution in [1.29, 1.82) is 0 Å². The minimum atomic E-state index is 0.261. The number of anilines is 1. The number of rotatable bonds is 2. The molecule has 2 aromatic heterocycles. The maximum Gasteiger partial charge on any atom is 0.231 e. The van der Waals surface area contributed by atoms with Crippen molar-refractivity contribution in [1.82, 2.24) is 14.5 Å². The molecule has 1 aliphatic rings. The fraction of sp³-hybridized carbons (Fsp3) is 0.0667. The summed E-state index contributed by atoms with van der Waals surface area (Å²) in [6.07, 6.45) is 5.27. The van der Waals surface area contributed by atoms with Gasteiger partial charge in [0.25, 0.3) is 0 Å². The van der Waals surface area contributed by atoms with Gasteiger partial charge < -0.3 is 15.2 Å². The molecule has 0 amide bonds. The number of nitrogens with two attached hydrogens (primary N) is 1. The Hall–Kier alpha value is -3.02. The number of hydrogen-bond acceptors (Lipinski definition) is 5. The summed E-state index contributed by atoms with van der Waals surface area (Å²) in [4.78, 5) is 8.34. The summed E-state index contributed by atoms with van der Waals surface area (Å²) >= 11 is 0. The summed E-state index contributed by atoms with van der Waals surface area (Å²) in [6, 6.07) is 9.47. The molecule has 0 fully saturated rings. The molecule has 3 aromatic rings. The van der Waals surface area contributed by atoms with Gasteiger partial charge in [0.1, 0.15) is 5.82 Å². The predicted octanol–water partition coefficient (Wildman–Crippen LogP) is 2.25. The van der Waals surface area contributed by atoms with Gasteiger partial charge in [0.2, 0.25) is 6.79 Å². The van der Waals surface area contributed by atoms with Crippen LogP contribution in [0.25, 0.3) is 16.9 Å². The third-order valence-corrected chi connectivity index (χ3v) is 3.35. The summed E-state index contributed by atoms with van der Waals surface area (Å²) < 4.78 is 12.7. The Morgan fingerprint density at radius 3 is 2.81 bits per heavy atom. The Balaban J connectivity index is 1.80. The highest BCUT2D eigenvalue weighted by Crippen LogP contribution is 2.34. The van der Waals surface area contributed by atoms with E-state index in [1.165, 1.54) is 0 Å². The molecule has 0 bridgehead atoms. The largest absolute Gasteiger partial charge is 0.454 e. The predicted molar refractivity (Wildman–Crippen MR) is 77.3 cm³/mol. The van der Waals surface area contributed by atoms with Gasteiger partial charge in [0.05, 0.1) is 23.9 Å². The molecule has 0 atom stereocenters. The van der Waals surface area contributed by atoms with Crippen LogP contribution in [0.15, 0.2) is 49.1 Å². The van der Waals surface area contributed by atoms with Crippen molar-refractivity contribution in [2.24, 2.45) is 0 Å². The van der Waals surface area contributed by atoms with Crippen LogP contribution in [0.3, 0.4) is 0 Å². The van der Waals surface area contributed by atoms with Crippen molar-refractivity contribution < 1.29 is 9.47 Å². The van der Waals surface area contributed by atoms with Crippen LogP contribution in [0.2, 0.25) is 0 Å². The minimum absolute atomic E-state index is 0.261. The van der Waals surface area contributed by atoms with Crippen LogP contribution < -0.4 is 15.2 Å². The Morgan fingerprint density at radius 2 is 1.95 bits per heavy atom. The van der Waals surface area contributed by atoms with E-state index < -0.39 is 0 Å². The molecule has 0 saturated carbocycles. The first-order valence-electron chi connectivity index (χ1n) is 6.45. The third kappa shape index (κ3) is 1.97. The second kappa shape index (κ2) is 4.52. The van der Waals surface area contributed by atoms with E-state index in [1.54, 1.807) is 24.8 Å². The molecule has 1 aliphatic heterocycles. The van der Waals surface area contributed by atoms with Crippen LogP contribution in [-0.2, 0) is 0 Å². The number of nitrogens with zero attached hydrogens (tertiary/aromatic N) is 3. The highest BCUT2D eigenvalue weighted by atomic mass is 16.7. The lowest BCUT2D eigenvalue weighted by atomic mass is 10.2. The van der Waals surface area contributed by atoms with Crippen LogP contribution in [0, 0.1) is 0 Å². The molecule has 0 aliphatic carbocycles. The number of benzene rings is 1. The number of aromatic nitrogens is 3. The maximum atomic E-state index is 5.63. The van der Waals surface area contributed by atoms with Gasteiger partial charge in [-0.25, -0.2) is 9.97 Å². The van der Waals surface area contributed by atoms with Crippen molar-refractivity contribution in [2.45, 2.75) is 0 Å². The normalized spacial score (nSPS) is 12.6. The Bertz CT molecular complexity index is 796. The average molecular weight is 280 g/mol. The van der Waals surface area contributed by atoms with Gasteiger partial charge in [-0.1, -0.05) is 0 Å². The summed E-state index contributed by atoms with van der Waals surface area (Å²) in [5, 5.41) is 0. The number of imidazole rings is 1. The van der Waals surface area contributed by atoms with Crippen molar-refractivity contribution in [3.05, 3.63) is 49.1 Å². The SMILES string of the molecule is Nc1ccc(-c2cncn2-c2ccc3c(c2)OCO3)cn1. The lowest BCUT2D eigenvalue weighted by Crippen LogP contribution is -1.96. The van der Waals surface area contributed by atoms with Crippen molar-refractivity contribution in [3.8, 4) is 28.4 Å². The first-order valence-corrected chi connectivity index (χ1v) is 6.45. The van der Waals surface area contributed by atoms with E-state index in [0.717, 1.165) is 28.4 Å². The molecular weight excluding hydrogens is 268 g/mol. The average Bonchev–Trinajstić information content (AvgIpc) is 3.16. The fourth-order valence-electron chi connectivity index (χ4n) is 2.31. The molecule has 21 heavy (non-hydrogen) atoms. The molecule has 6 heteroatoms. The van der Waals surface area contributed by atoms with E-state index in [4.69, 9.17) is 15.2 Å². The minimum Gasteiger partial charge on any atom is -0.454 e. The van der Waals surface area contributed by atoms with E-state index in [-0.39, 0.29) is 6.79 Å². The third-order valence-electron chi connectivity index (χ3n) is 3.35. The van der Waals surface area contributed by atoms with Gasteiger partial charge in [0.15, 0.2) is 11.5 Å². The number of nitrogen functional groups attached to an aromatic ring is 1. The van der Waals surface area contributed by atoms with Crippen LogP contribution in [0.5, 0.6) is 11.5 Å². The lowest BCUT2D eigenvalue weighted by molar-refractivity contribution is 0.174. The molecule has 104 valence electrons. The summed E-state index contributed by atoms with van der Waals surface area (Å²) in [5.41, 5.74) is 8.45. The van der Waals surface area contributed by atoms with E-state index in [2.05, 4.69) is 9.97 Å². The van der Waals surface area contributed by atoms with E-state index >= 15 is 0 Å². The monoisotopic (exact) mass is 280 g/mol. The Kier molecular flexibility index (Phi) is 2.53. The van der Waals surface area contributed by atoms with E-state index in [1.807, 2.05) is 28.8 Å². The molecule has 1 aromatic carbocycles. The second-order valence-electron chi connectivity index (χ2n) is 4.66. The smallest absolute Gasteiger partial charge is 0.231 e. The standard InChI is InChI=1S/C15H12N4O2/c16-15-4-1-10(6-18-15)12-7-17-8-19(12)11-2-3-13-14(5-11)21-9-20-13/h1-8H,9H2,(H2,16,18). The molecule has 2 N–H and O–H groups in total. The fourth-order valence-corrected chi connectivity index (χ4v) is 2.31. The van der Waals surface area contributed by atoms with Gasteiger partial charge >= 0.3 is 0 Å². The topological polar surface area (TPSA) is 75.2 Å². The second-order valence-corrected chi connectivity index (χ2v) is 4.66. The van der Waals surface area contributed by atoms with Crippen LogP contribution in [0.4, 0.5) is 5.82 Å². The van der Waals surface area contributed by atoms with E-state index in [9.17, 15) is 0 Å². The van der Waals surface area contributed by atoms with Gasteiger partial charge in [-0.05, 0) is 24.3 Å². The van der Waals surface area contributed by atoms with Gasteiger partial charge in [-0.2, -0.15) is 0 Å². The summed E-state index contributed by atoms with van der Waals surface area (Å²) in [6.45, 7) is 0.261. The van der Waals surface area contributed by atoms with Crippen molar-refractivity contribution in [3.63, 3.8) is 0 Å². The molecule has 0 radical (unpaired) electrons. The van der Waals surface area contributed by atoms with Crippen molar-refractivity contribution in [2.75, 3.05) is 12.5 Å². The zero-order chi connectivity index (χ0) is 14.2. The quantitative estimate of drug-likeness (QED) is 0.779. The number of ether oxygens (including phenoxy) is 2.